The van der Waals surface area contributed by atoms with Gasteiger partial charge in [-0.2, -0.15) is 5.10 Å². The molecule has 6 heteroatoms. The molecule has 0 aliphatic rings. The Bertz CT molecular complexity index is 576. The van der Waals surface area contributed by atoms with Gasteiger partial charge in [-0.15, -0.1) is 0 Å². The van der Waals surface area contributed by atoms with Crippen molar-refractivity contribution in [2.45, 2.75) is 6.54 Å². The van der Waals surface area contributed by atoms with Crippen molar-refractivity contribution in [3.8, 4) is 5.75 Å². The Hall–Kier alpha value is -2.50. The normalized spacial score (nSPS) is 11.4. The van der Waals surface area contributed by atoms with Crippen LogP contribution in [0.25, 0.3) is 0 Å². The van der Waals surface area contributed by atoms with Gasteiger partial charge in [0.2, 0.25) is 0 Å². The second-order valence-electron chi connectivity index (χ2n) is 4.01. The number of aromatic nitrogens is 2. The topological polar surface area (TPSA) is 77.5 Å². The van der Waals surface area contributed by atoms with Crippen molar-refractivity contribution in [3.05, 3.63) is 42.1 Å². The number of nitrogens with two attached hydrogens (primary N) is 1. The summed E-state index contributed by atoms with van der Waals surface area (Å²) in [6.45, 7) is 0.454. The Morgan fingerprint density at radius 3 is 2.89 bits per heavy atom. The fourth-order valence-electron chi connectivity index (χ4n) is 1.66. The molecule has 0 saturated heterocycles. The molecule has 0 fully saturated rings. The molecule has 2 aromatic rings. The third-order valence-electron chi connectivity index (χ3n) is 2.58. The number of guanidine groups is 1. The van der Waals surface area contributed by atoms with Gasteiger partial charge in [-0.25, -0.2) is 4.99 Å². The number of nitrogens with zero attached hydrogens (tertiary/aromatic N) is 3. The third kappa shape index (κ3) is 3.48. The number of ether oxygens (including phenoxy) is 1. The van der Waals surface area contributed by atoms with Gasteiger partial charge < -0.3 is 15.8 Å². The fraction of sp³-hybridized carbons (Fsp3) is 0.231. The molecule has 0 bridgehead atoms. The van der Waals surface area contributed by atoms with Crippen molar-refractivity contribution in [2.24, 2.45) is 17.8 Å². The van der Waals surface area contributed by atoms with Crippen LogP contribution in [0.3, 0.4) is 0 Å². The van der Waals surface area contributed by atoms with Gasteiger partial charge in [-0.3, -0.25) is 4.68 Å². The molecule has 19 heavy (non-hydrogen) atoms. The molecule has 2 rings (SSSR count). The van der Waals surface area contributed by atoms with Gasteiger partial charge in [-0.1, -0.05) is 18.2 Å². The van der Waals surface area contributed by atoms with Crippen LogP contribution in [0.4, 0.5) is 5.82 Å². The van der Waals surface area contributed by atoms with E-state index in [1.807, 2.05) is 43.6 Å². The Labute approximate surface area is 111 Å². The standard InChI is InChI=1S/C13H17N5O/c1-18-8-7-12(17-18)16-13(14)15-9-10-5-3-4-6-11(10)19-2/h3-8H,9H2,1-2H3,(H3,14,15,16,17). The zero-order chi connectivity index (χ0) is 13.7. The Kier molecular flexibility index (Phi) is 4.02. The molecule has 0 aliphatic heterocycles. The molecule has 1 aromatic heterocycles. The van der Waals surface area contributed by atoms with E-state index in [0.29, 0.717) is 18.3 Å². The first-order valence-corrected chi connectivity index (χ1v) is 5.87. The molecule has 0 radical (unpaired) electrons. The van der Waals surface area contributed by atoms with Gasteiger partial charge in [0.25, 0.3) is 0 Å². The molecule has 1 heterocycles. The molecule has 3 N–H and O–H groups in total. The highest BCUT2D eigenvalue weighted by Crippen LogP contribution is 2.17. The summed E-state index contributed by atoms with van der Waals surface area (Å²) in [5.74, 6) is 1.80. The zero-order valence-electron chi connectivity index (χ0n) is 11.0. The van der Waals surface area contributed by atoms with Gasteiger partial charge in [-0.05, 0) is 6.07 Å². The van der Waals surface area contributed by atoms with Gasteiger partial charge >= 0.3 is 0 Å². The number of hydrogen-bond donors (Lipinski definition) is 2. The van der Waals surface area contributed by atoms with Crippen LogP contribution in [0.1, 0.15) is 5.56 Å². The van der Waals surface area contributed by atoms with Crippen LogP contribution in [-0.2, 0) is 13.6 Å². The predicted molar refractivity (Wildman–Crippen MR) is 75.2 cm³/mol. The van der Waals surface area contributed by atoms with Crippen molar-refractivity contribution in [3.63, 3.8) is 0 Å². The minimum atomic E-state index is 0.324. The Morgan fingerprint density at radius 1 is 1.42 bits per heavy atom. The van der Waals surface area contributed by atoms with Crippen molar-refractivity contribution in [1.29, 1.82) is 0 Å². The zero-order valence-corrected chi connectivity index (χ0v) is 11.0. The first kappa shape index (κ1) is 12.9. The van der Waals surface area contributed by atoms with E-state index in [0.717, 1.165) is 11.3 Å². The lowest BCUT2D eigenvalue weighted by molar-refractivity contribution is 0.410. The Balaban J connectivity index is 2.01. The highest BCUT2D eigenvalue weighted by atomic mass is 16.5. The second-order valence-corrected chi connectivity index (χ2v) is 4.01. The molecular weight excluding hydrogens is 242 g/mol. The van der Waals surface area contributed by atoms with E-state index in [-0.39, 0.29) is 0 Å². The van der Waals surface area contributed by atoms with Crippen molar-refractivity contribution >= 4 is 11.8 Å². The first-order chi connectivity index (χ1) is 9.19. The number of anilines is 1. The molecule has 1 aromatic carbocycles. The van der Waals surface area contributed by atoms with E-state index >= 15 is 0 Å². The average molecular weight is 259 g/mol. The molecular formula is C13H17N5O. The number of rotatable bonds is 4. The highest BCUT2D eigenvalue weighted by Gasteiger charge is 2.01. The Morgan fingerprint density at radius 2 is 2.21 bits per heavy atom. The van der Waals surface area contributed by atoms with E-state index in [4.69, 9.17) is 10.5 Å². The summed E-state index contributed by atoms with van der Waals surface area (Å²) in [5, 5.41) is 7.08. The SMILES string of the molecule is COc1ccccc1CN=C(N)Nc1ccn(C)n1. The molecule has 100 valence electrons. The van der Waals surface area contributed by atoms with Gasteiger partial charge in [0.15, 0.2) is 11.8 Å². The fourth-order valence-corrected chi connectivity index (χ4v) is 1.66. The lowest BCUT2D eigenvalue weighted by atomic mass is 10.2. The molecule has 0 spiro atoms. The number of aliphatic imine (C=N–C) groups is 1. The predicted octanol–water partition coefficient (Wildman–Crippen LogP) is 1.36. The van der Waals surface area contributed by atoms with E-state index in [1.54, 1.807) is 11.8 Å². The number of hydrogen-bond acceptors (Lipinski definition) is 3. The van der Waals surface area contributed by atoms with E-state index < -0.39 is 0 Å². The summed E-state index contributed by atoms with van der Waals surface area (Å²) in [6.07, 6.45) is 1.83. The molecule has 0 saturated carbocycles. The van der Waals surface area contributed by atoms with Crippen LogP contribution in [0, 0.1) is 0 Å². The van der Waals surface area contributed by atoms with Gasteiger partial charge in [0.1, 0.15) is 5.75 Å². The number of aryl methyl sites for hydroxylation is 1. The number of benzene rings is 1. The molecule has 6 nitrogen and oxygen atoms in total. The maximum absolute atomic E-state index is 5.80. The number of methoxy groups -OCH3 is 1. The monoisotopic (exact) mass is 259 g/mol. The third-order valence-corrected chi connectivity index (χ3v) is 2.58. The van der Waals surface area contributed by atoms with Crippen LogP contribution in [-0.4, -0.2) is 22.8 Å². The first-order valence-electron chi connectivity index (χ1n) is 5.87. The summed E-state index contributed by atoms with van der Waals surface area (Å²) in [6, 6.07) is 9.53. The summed E-state index contributed by atoms with van der Waals surface area (Å²) in [4.78, 5) is 4.26. The largest absolute Gasteiger partial charge is 0.496 e. The lowest BCUT2D eigenvalue weighted by Crippen LogP contribution is -2.23. The molecule has 0 unspecified atom stereocenters. The van der Waals surface area contributed by atoms with Crippen molar-refractivity contribution in [1.82, 2.24) is 9.78 Å². The molecule has 0 atom stereocenters. The lowest BCUT2D eigenvalue weighted by Gasteiger charge is -2.06. The van der Waals surface area contributed by atoms with Gasteiger partial charge in [0.05, 0.1) is 13.7 Å². The molecule has 0 amide bonds. The van der Waals surface area contributed by atoms with Crippen LogP contribution in [0.2, 0.25) is 0 Å². The summed E-state index contributed by atoms with van der Waals surface area (Å²) in [5.41, 5.74) is 6.79. The number of para-hydroxylation sites is 1. The van der Waals surface area contributed by atoms with Crippen molar-refractivity contribution < 1.29 is 4.74 Å². The smallest absolute Gasteiger partial charge is 0.194 e. The average Bonchev–Trinajstić information content (AvgIpc) is 2.82. The summed E-state index contributed by atoms with van der Waals surface area (Å²) >= 11 is 0. The van der Waals surface area contributed by atoms with Crippen LogP contribution < -0.4 is 15.8 Å². The quantitative estimate of drug-likeness (QED) is 0.642. The van der Waals surface area contributed by atoms with Crippen LogP contribution >= 0.6 is 0 Å². The van der Waals surface area contributed by atoms with Crippen LogP contribution in [0.15, 0.2) is 41.5 Å². The van der Waals surface area contributed by atoms with Gasteiger partial charge in [0, 0.05) is 24.9 Å². The minimum Gasteiger partial charge on any atom is -0.496 e. The second kappa shape index (κ2) is 5.90. The van der Waals surface area contributed by atoms with E-state index in [2.05, 4.69) is 15.4 Å². The van der Waals surface area contributed by atoms with E-state index in [9.17, 15) is 0 Å². The van der Waals surface area contributed by atoms with Crippen LogP contribution in [0.5, 0.6) is 5.75 Å². The number of nitrogens with one attached hydrogen (secondary N) is 1. The van der Waals surface area contributed by atoms with Crippen molar-refractivity contribution in [2.75, 3.05) is 12.4 Å². The molecule has 0 aliphatic carbocycles. The highest BCUT2D eigenvalue weighted by molar-refractivity contribution is 5.91. The summed E-state index contributed by atoms with van der Waals surface area (Å²) in [7, 11) is 3.48. The summed E-state index contributed by atoms with van der Waals surface area (Å²) < 4.78 is 6.94. The van der Waals surface area contributed by atoms with E-state index in [1.165, 1.54) is 0 Å². The minimum absolute atomic E-state index is 0.324. The maximum Gasteiger partial charge on any atom is 0.194 e. The maximum atomic E-state index is 5.80.